The van der Waals surface area contributed by atoms with E-state index in [4.69, 9.17) is 5.11 Å². The highest BCUT2D eigenvalue weighted by Crippen LogP contribution is 2.21. The van der Waals surface area contributed by atoms with E-state index in [1.165, 1.54) is 0 Å². The molecule has 1 heterocycles. The molecule has 1 aromatic heterocycles. The first-order chi connectivity index (χ1) is 6.72. The summed E-state index contributed by atoms with van der Waals surface area (Å²) in [4.78, 5) is 14.0. The van der Waals surface area contributed by atoms with Crippen molar-refractivity contribution in [3.63, 3.8) is 0 Å². The van der Waals surface area contributed by atoms with Crippen molar-refractivity contribution in [1.29, 1.82) is 0 Å². The lowest BCUT2D eigenvalue weighted by Gasteiger charge is -2.01. The molecular weight excluding hydrogens is 246 g/mol. The quantitative estimate of drug-likeness (QED) is 0.809. The van der Waals surface area contributed by atoms with Gasteiger partial charge in [0.2, 0.25) is 0 Å². The molecule has 0 unspecified atom stereocenters. The second-order valence-electron chi connectivity index (χ2n) is 3.02. The minimum Gasteiger partial charge on any atom is -0.478 e. The van der Waals surface area contributed by atoms with E-state index in [0.29, 0.717) is 10.9 Å². The molecule has 0 aliphatic heterocycles. The zero-order valence-corrected chi connectivity index (χ0v) is 8.84. The molecule has 0 aliphatic rings. The zero-order valence-electron chi connectivity index (χ0n) is 7.25. The molecule has 72 valence electrons. The van der Waals surface area contributed by atoms with Crippen molar-refractivity contribution in [2.45, 2.75) is 5.33 Å². The van der Waals surface area contributed by atoms with Crippen molar-refractivity contribution < 1.29 is 9.90 Å². The summed E-state index contributed by atoms with van der Waals surface area (Å²) in [6.45, 7) is 0. The number of aromatic carboxylic acids is 1. The molecule has 0 amide bonds. The first-order valence-corrected chi connectivity index (χ1v) is 5.24. The van der Waals surface area contributed by atoms with Crippen LogP contribution in [0.2, 0.25) is 0 Å². The van der Waals surface area contributed by atoms with E-state index < -0.39 is 5.97 Å². The summed E-state index contributed by atoms with van der Waals surface area (Å²) in [5, 5.41) is 10.4. The Morgan fingerprint density at radius 1 is 1.50 bits per heavy atom. The largest absolute Gasteiger partial charge is 0.478 e. The van der Waals surface area contributed by atoms with Crippen LogP contribution in [0.1, 0.15) is 15.9 Å². The SMILES string of the molecule is O=C(O)c1cc(CBr)cc2[nH]ccc12. The number of carboxylic acids is 1. The van der Waals surface area contributed by atoms with Crippen molar-refractivity contribution in [2.24, 2.45) is 0 Å². The van der Waals surface area contributed by atoms with Gasteiger partial charge in [0, 0.05) is 22.4 Å². The van der Waals surface area contributed by atoms with Crippen LogP contribution >= 0.6 is 15.9 Å². The summed E-state index contributed by atoms with van der Waals surface area (Å²) in [5.41, 5.74) is 2.16. The van der Waals surface area contributed by atoms with Gasteiger partial charge in [0.15, 0.2) is 0 Å². The molecule has 2 N–H and O–H groups in total. The van der Waals surface area contributed by atoms with Crippen LogP contribution in [0.15, 0.2) is 24.4 Å². The van der Waals surface area contributed by atoms with Crippen LogP contribution in [0.3, 0.4) is 0 Å². The molecule has 2 aromatic rings. The molecule has 0 radical (unpaired) electrons. The molecule has 1 aromatic carbocycles. The number of rotatable bonds is 2. The summed E-state index contributed by atoms with van der Waals surface area (Å²) in [6, 6.07) is 5.40. The maximum absolute atomic E-state index is 11.0. The Balaban J connectivity index is 2.76. The molecule has 0 atom stereocenters. The van der Waals surface area contributed by atoms with E-state index in [-0.39, 0.29) is 0 Å². The standard InChI is InChI=1S/C10H8BrNO2/c11-5-6-3-8(10(13)14)7-1-2-12-9(7)4-6/h1-4,12H,5H2,(H,13,14). The first kappa shape index (κ1) is 9.27. The highest BCUT2D eigenvalue weighted by atomic mass is 79.9. The number of halogens is 1. The number of nitrogens with one attached hydrogen (secondary N) is 1. The molecule has 3 nitrogen and oxygen atoms in total. The van der Waals surface area contributed by atoms with Crippen molar-refractivity contribution in [3.05, 3.63) is 35.5 Å². The normalized spacial score (nSPS) is 10.6. The smallest absolute Gasteiger partial charge is 0.336 e. The number of alkyl halides is 1. The lowest BCUT2D eigenvalue weighted by Crippen LogP contribution is -1.97. The molecule has 0 aliphatic carbocycles. The highest BCUT2D eigenvalue weighted by molar-refractivity contribution is 9.08. The van der Waals surface area contributed by atoms with Gasteiger partial charge in [-0.15, -0.1) is 0 Å². The summed E-state index contributed by atoms with van der Waals surface area (Å²) in [7, 11) is 0. The molecule has 0 fully saturated rings. The fourth-order valence-electron chi connectivity index (χ4n) is 1.48. The third-order valence-electron chi connectivity index (χ3n) is 2.11. The molecule has 0 saturated carbocycles. The minimum atomic E-state index is -0.891. The van der Waals surface area contributed by atoms with Crippen LogP contribution in [0, 0.1) is 0 Å². The van der Waals surface area contributed by atoms with E-state index in [0.717, 1.165) is 16.5 Å². The van der Waals surface area contributed by atoms with Gasteiger partial charge >= 0.3 is 5.97 Å². The summed E-state index contributed by atoms with van der Waals surface area (Å²) >= 11 is 3.31. The van der Waals surface area contributed by atoms with E-state index in [1.807, 2.05) is 6.07 Å². The Hall–Kier alpha value is -1.29. The maximum Gasteiger partial charge on any atom is 0.336 e. The van der Waals surface area contributed by atoms with Crippen LogP contribution in [0.25, 0.3) is 10.9 Å². The molecule has 4 heteroatoms. The monoisotopic (exact) mass is 253 g/mol. The lowest BCUT2D eigenvalue weighted by atomic mass is 10.1. The Kier molecular flexibility index (Phi) is 2.29. The summed E-state index contributed by atoms with van der Waals surface area (Å²) in [6.07, 6.45) is 1.75. The number of H-pyrrole nitrogens is 1. The van der Waals surface area contributed by atoms with Crippen LogP contribution in [-0.2, 0) is 5.33 Å². The third kappa shape index (κ3) is 1.42. The maximum atomic E-state index is 11.0. The number of aromatic nitrogens is 1. The van der Waals surface area contributed by atoms with Crippen molar-refractivity contribution in [1.82, 2.24) is 4.98 Å². The van der Waals surface area contributed by atoms with Crippen molar-refractivity contribution in [2.75, 3.05) is 0 Å². The number of aromatic amines is 1. The predicted molar refractivity (Wildman–Crippen MR) is 57.9 cm³/mol. The van der Waals surface area contributed by atoms with Crippen molar-refractivity contribution >= 4 is 32.8 Å². The Morgan fingerprint density at radius 3 is 2.93 bits per heavy atom. The van der Waals surface area contributed by atoms with E-state index in [2.05, 4.69) is 20.9 Å². The lowest BCUT2D eigenvalue weighted by molar-refractivity contribution is 0.0699. The highest BCUT2D eigenvalue weighted by Gasteiger charge is 2.10. The fraction of sp³-hybridized carbons (Fsp3) is 0.100. The van der Waals surface area contributed by atoms with Gasteiger partial charge in [-0.1, -0.05) is 15.9 Å². The first-order valence-electron chi connectivity index (χ1n) is 4.11. The Morgan fingerprint density at radius 2 is 2.29 bits per heavy atom. The van der Waals surface area contributed by atoms with E-state index in [1.54, 1.807) is 18.3 Å². The van der Waals surface area contributed by atoms with Gasteiger partial charge in [-0.05, 0) is 23.8 Å². The number of benzene rings is 1. The van der Waals surface area contributed by atoms with Crippen LogP contribution in [0.4, 0.5) is 0 Å². The number of carboxylic acid groups (broad SMARTS) is 1. The summed E-state index contributed by atoms with van der Waals surface area (Å²) < 4.78 is 0. The average Bonchev–Trinajstić information content (AvgIpc) is 2.63. The number of hydrogen-bond acceptors (Lipinski definition) is 1. The molecule has 14 heavy (non-hydrogen) atoms. The van der Waals surface area contributed by atoms with Gasteiger partial charge in [-0.3, -0.25) is 0 Å². The van der Waals surface area contributed by atoms with E-state index in [9.17, 15) is 4.79 Å². The zero-order chi connectivity index (χ0) is 10.1. The van der Waals surface area contributed by atoms with Crippen LogP contribution in [0.5, 0.6) is 0 Å². The second-order valence-corrected chi connectivity index (χ2v) is 3.58. The topological polar surface area (TPSA) is 53.1 Å². The average molecular weight is 254 g/mol. The van der Waals surface area contributed by atoms with Gasteiger partial charge in [0.1, 0.15) is 0 Å². The number of carbonyl (C=O) groups is 1. The minimum absolute atomic E-state index is 0.346. The van der Waals surface area contributed by atoms with Gasteiger partial charge in [-0.2, -0.15) is 0 Å². The van der Waals surface area contributed by atoms with Crippen LogP contribution < -0.4 is 0 Å². The van der Waals surface area contributed by atoms with Gasteiger partial charge < -0.3 is 10.1 Å². The number of hydrogen-bond donors (Lipinski definition) is 2. The molecule has 0 spiro atoms. The molecule has 2 rings (SSSR count). The molecule has 0 bridgehead atoms. The Bertz CT molecular complexity index is 490. The second kappa shape index (κ2) is 3.46. The number of fused-ring (bicyclic) bond motifs is 1. The van der Waals surface area contributed by atoms with Crippen LogP contribution in [-0.4, -0.2) is 16.1 Å². The summed E-state index contributed by atoms with van der Waals surface area (Å²) in [5.74, 6) is -0.891. The van der Waals surface area contributed by atoms with Gasteiger partial charge in [0.05, 0.1) is 5.56 Å². The van der Waals surface area contributed by atoms with Gasteiger partial charge in [0.25, 0.3) is 0 Å². The van der Waals surface area contributed by atoms with E-state index >= 15 is 0 Å². The van der Waals surface area contributed by atoms with Gasteiger partial charge in [-0.25, -0.2) is 4.79 Å². The third-order valence-corrected chi connectivity index (χ3v) is 2.76. The Labute approximate surface area is 88.9 Å². The molecular formula is C10H8BrNO2. The molecule has 0 saturated heterocycles. The van der Waals surface area contributed by atoms with Crippen molar-refractivity contribution in [3.8, 4) is 0 Å². The fourth-order valence-corrected chi connectivity index (χ4v) is 1.80. The predicted octanol–water partition coefficient (Wildman–Crippen LogP) is 2.76.